The normalized spacial score (nSPS) is 10.7. The van der Waals surface area contributed by atoms with Gasteiger partial charge in [0.15, 0.2) is 0 Å². The molecular weight excluding hydrogens is 244 g/mol. The van der Waals surface area contributed by atoms with Crippen LogP contribution in [0.3, 0.4) is 0 Å². The van der Waals surface area contributed by atoms with Crippen molar-refractivity contribution in [3.05, 3.63) is 37.1 Å². The molecule has 0 saturated heterocycles. The second kappa shape index (κ2) is 4.89. The summed E-state index contributed by atoms with van der Waals surface area (Å²) in [6.07, 6.45) is 5.10. The standard InChI is InChI=1S/C12H12N6O/c19-11(4-5-18-8-13-7-15-18)16-10-3-1-2-9-6-14-17-12(9)10/h1-3,6-8H,4-5H2,(H,14,17)(H,16,19). The molecule has 7 nitrogen and oxygen atoms in total. The van der Waals surface area contributed by atoms with Gasteiger partial charge in [-0.1, -0.05) is 12.1 Å². The number of aromatic amines is 1. The smallest absolute Gasteiger partial charge is 0.226 e. The van der Waals surface area contributed by atoms with Crippen molar-refractivity contribution >= 4 is 22.5 Å². The van der Waals surface area contributed by atoms with Gasteiger partial charge in [-0.2, -0.15) is 10.2 Å². The number of anilines is 1. The SMILES string of the molecule is O=C(CCn1cncn1)Nc1cccc2cn[nH]c12. The molecule has 0 aliphatic rings. The molecule has 19 heavy (non-hydrogen) atoms. The minimum atomic E-state index is -0.0717. The van der Waals surface area contributed by atoms with Crippen LogP contribution in [0.15, 0.2) is 37.1 Å². The first kappa shape index (κ1) is 11.4. The van der Waals surface area contributed by atoms with E-state index in [4.69, 9.17) is 0 Å². The van der Waals surface area contributed by atoms with Crippen molar-refractivity contribution in [1.29, 1.82) is 0 Å². The Morgan fingerprint density at radius 2 is 2.37 bits per heavy atom. The van der Waals surface area contributed by atoms with Crippen LogP contribution in [0, 0.1) is 0 Å². The average Bonchev–Trinajstić information content (AvgIpc) is 3.08. The number of para-hydroxylation sites is 1. The number of hydrogen-bond acceptors (Lipinski definition) is 4. The monoisotopic (exact) mass is 256 g/mol. The molecule has 96 valence electrons. The van der Waals surface area contributed by atoms with Crippen LogP contribution in [-0.4, -0.2) is 30.9 Å². The van der Waals surface area contributed by atoms with E-state index in [2.05, 4.69) is 25.6 Å². The van der Waals surface area contributed by atoms with E-state index in [-0.39, 0.29) is 5.91 Å². The molecule has 2 N–H and O–H groups in total. The van der Waals surface area contributed by atoms with E-state index >= 15 is 0 Å². The van der Waals surface area contributed by atoms with Crippen LogP contribution in [0.25, 0.3) is 10.9 Å². The minimum Gasteiger partial charge on any atom is -0.324 e. The number of hydrogen-bond donors (Lipinski definition) is 2. The maximum atomic E-state index is 11.9. The first-order valence-corrected chi connectivity index (χ1v) is 5.87. The fraction of sp³-hybridized carbons (Fsp3) is 0.167. The number of nitrogens with one attached hydrogen (secondary N) is 2. The van der Waals surface area contributed by atoms with E-state index in [1.807, 2.05) is 18.2 Å². The third-order valence-corrected chi connectivity index (χ3v) is 2.79. The predicted molar refractivity (Wildman–Crippen MR) is 69.4 cm³/mol. The highest BCUT2D eigenvalue weighted by molar-refractivity contribution is 6.00. The molecule has 0 saturated carbocycles. The largest absolute Gasteiger partial charge is 0.324 e. The summed E-state index contributed by atoms with van der Waals surface area (Å²) < 4.78 is 1.62. The number of fused-ring (bicyclic) bond motifs is 1. The van der Waals surface area contributed by atoms with Crippen LogP contribution < -0.4 is 5.32 Å². The van der Waals surface area contributed by atoms with Gasteiger partial charge in [0.05, 0.1) is 23.9 Å². The van der Waals surface area contributed by atoms with Crippen molar-refractivity contribution in [1.82, 2.24) is 25.0 Å². The zero-order valence-corrected chi connectivity index (χ0v) is 10.1. The van der Waals surface area contributed by atoms with Crippen LogP contribution in [0.4, 0.5) is 5.69 Å². The molecule has 3 aromatic rings. The number of carbonyl (C=O) groups is 1. The quantitative estimate of drug-likeness (QED) is 0.733. The van der Waals surface area contributed by atoms with E-state index in [0.29, 0.717) is 13.0 Å². The van der Waals surface area contributed by atoms with Gasteiger partial charge in [0, 0.05) is 11.8 Å². The van der Waals surface area contributed by atoms with Gasteiger partial charge in [-0.15, -0.1) is 0 Å². The second-order valence-electron chi connectivity index (χ2n) is 4.10. The topological polar surface area (TPSA) is 88.5 Å². The molecule has 1 amide bonds. The van der Waals surface area contributed by atoms with Crippen molar-refractivity contribution in [3.63, 3.8) is 0 Å². The molecule has 2 aromatic heterocycles. The number of nitrogens with zero attached hydrogens (tertiary/aromatic N) is 4. The summed E-state index contributed by atoms with van der Waals surface area (Å²) in [6.45, 7) is 0.505. The second-order valence-corrected chi connectivity index (χ2v) is 4.10. The van der Waals surface area contributed by atoms with Crippen LogP contribution >= 0.6 is 0 Å². The van der Waals surface area contributed by atoms with Gasteiger partial charge in [0.25, 0.3) is 0 Å². The summed E-state index contributed by atoms with van der Waals surface area (Å²) in [5.41, 5.74) is 1.56. The Kier molecular flexibility index (Phi) is 2.93. The molecule has 0 atom stereocenters. The van der Waals surface area contributed by atoms with E-state index in [1.165, 1.54) is 6.33 Å². The Labute approximate surface area is 108 Å². The Balaban J connectivity index is 1.67. The van der Waals surface area contributed by atoms with E-state index in [0.717, 1.165) is 16.6 Å². The van der Waals surface area contributed by atoms with Crippen LogP contribution in [0.1, 0.15) is 6.42 Å². The third kappa shape index (κ3) is 2.44. The number of carbonyl (C=O) groups excluding carboxylic acids is 1. The lowest BCUT2D eigenvalue weighted by atomic mass is 10.2. The number of aromatic nitrogens is 5. The van der Waals surface area contributed by atoms with Crippen LogP contribution in [0.5, 0.6) is 0 Å². The van der Waals surface area contributed by atoms with E-state index in [1.54, 1.807) is 17.2 Å². The Hall–Kier alpha value is -2.70. The molecule has 3 rings (SSSR count). The molecule has 2 heterocycles. The fourth-order valence-corrected chi connectivity index (χ4v) is 1.85. The van der Waals surface area contributed by atoms with Gasteiger partial charge in [-0.25, -0.2) is 4.98 Å². The summed E-state index contributed by atoms with van der Waals surface area (Å²) in [6, 6.07) is 5.66. The Morgan fingerprint density at radius 1 is 1.42 bits per heavy atom. The molecule has 0 aliphatic heterocycles. The summed E-state index contributed by atoms with van der Waals surface area (Å²) in [5, 5.41) is 14.6. The lowest BCUT2D eigenvalue weighted by molar-refractivity contribution is -0.116. The minimum absolute atomic E-state index is 0.0717. The zero-order valence-electron chi connectivity index (χ0n) is 10.1. The highest BCUT2D eigenvalue weighted by atomic mass is 16.1. The summed E-state index contributed by atoms with van der Waals surface area (Å²) in [7, 11) is 0. The van der Waals surface area contributed by atoms with Crippen LogP contribution in [0.2, 0.25) is 0 Å². The van der Waals surface area contributed by atoms with Crippen molar-refractivity contribution in [3.8, 4) is 0 Å². The summed E-state index contributed by atoms with van der Waals surface area (Å²) >= 11 is 0. The summed E-state index contributed by atoms with van der Waals surface area (Å²) in [5.74, 6) is -0.0717. The molecule has 0 aliphatic carbocycles. The lowest BCUT2D eigenvalue weighted by Gasteiger charge is -2.06. The summed E-state index contributed by atoms with van der Waals surface area (Å²) in [4.78, 5) is 15.7. The van der Waals surface area contributed by atoms with E-state index in [9.17, 15) is 4.79 Å². The molecule has 7 heteroatoms. The Morgan fingerprint density at radius 3 is 3.21 bits per heavy atom. The van der Waals surface area contributed by atoms with Gasteiger partial charge in [0.1, 0.15) is 12.7 Å². The van der Waals surface area contributed by atoms with Gasteiger partial charge < -0.3 is 5.32 Å². The number of aryl methyl sites for hydroxylation is 1. The van der Waals surface area contributed by atoms with Crippen molar-refractivity contribution in [2.24, 2.45) is 0 Å². The van der Waals surface area contributed by atoms with Gasteiger partial charge in [0.2, 0.25) is 5.91 Å². The van der Waals surface area contributed by atoms with Crippen molar-refractivity contribution < 1.29 is 4.79 Å². The number of amides is 1. The number of benzene rings is 1. The van der Waals surface area contributed by atoms with E-state index < -0.39 is 0 Å². The zero-order chi connectivity index (χ0) is 13.1. The molecule has 0 radical (unpaired) electrons. The lowest BCUT2D eigenvalue weighted by Crippen LogP contribution is -2.15. The number of H-pyrrole nitrogens is 1. The van der Waals surface area contributed by atoms with Crippen LogP contribution in [-0.2, 0) is 11.3 Å². The maximum Gasteiger partial charge on any atom is 0.226 e. The predicted octanol–water partition coefficient (Wildman–Crippen LogP) is 1.18. The fourth-order valence-electron chi connectivity index (χ4n) is 1.85. The molecule has 1 aromatic carbocycles. The third-order valence-electron chi connectivity index (χ3n) is 2.79. The maximum absolute atomic E-state index is 11.9. The van der Waals surface area contributed by atoms with Gasteiger partial charge in [-0.05, 0) is 6.07 Å². The molecule has 0 bridgehead atoms. The van der Waals surface area contributed by atoms with Crippen molar-refractivity contribution in [2.75, 3.05) is 5.32 Å². The average molecular weight is 256 g/mol. The highest BCUT2D eigenvalue weighted by Gasteiger charge is 2.07. The molecule has 0 spiro atoms. The van der Waals surface area contributed by atoms with Crippen molar-refractivity contribution in [2.45, 2.75) is 13.0 Å². The first-order valence-electron chi connectivity index (χ1n) is 5.87. The van der Waals surface area contributed by atoms with Gasteiger partial charge in [-0.3, -0.25) is 14.6 Å². The molecular formula is C12H12N6O. The highest BCUT2D eigenvalue weighted by Crippen LogP contribution is 2.20. The first-order chi connectivity index (χ1) is 9.33. The Bertz CT molecular complexity index is 687. The number of rotatable bonds is 4. The molecule has 0 unspecified atom stereocenters. The van der Waals surface area contributed by atoms with Gasteiger partial charge >= 0.3 is 0 Å². The molecule has 0 fully saturated rings.